The molecular weight excluding hydrogens is 434 g/mol. The number of carbonyl (C=O) groups excluding carboxylic acids is 2. The first kappa shape index (κ1) is 21.5. The highest BCUT2D eigenvalue weighted by atomic mass is 35.5. The van der Waals surface area contributed by atoms with Crippen molar-refractivity contribution < 1.29 is 28.6 Å². The van der Waals surface area contributed by atoms with Crippen LogP contribution >= 0.6 is 11.6 Å². The first-order valence-electron chi connectivity index (χ1n) is 9.70. The lowest BCUT2D eigenvalue weighted by molar-refractivity contribution is -0.132. The molecule has 1 atom stereocenters. The van der Waals surface area contributed by atoms with E-state index in [1.165, 1.54) is 25.4 Å². The fourth-order valence-corrected chi connectivity index (χ4v) is 4.05. The largest absolute Gasteiger partial charge is 0.507 e. The first-order chi connectivity index (χ1) is 15.4. The number of rotatable bonds is 5. The molecule has 8 heteroatoms. The Hall–Kier alpha value is -3.71. The summed E-state index contributed by atoms with van der Waals surface area (Å²) in [5.41, 5.74) is 1.31. The summed E-state index contributed by atoms with van der Waals surface area (Å²) in [6.45, 7) is 1.78. The fourth-order valence-electron chi connectivity index (χ4n) is 3.83. The molecule has 32 heavy (non-hydrogen) atoms. The maximum absolute atomic E-state index is 13.2. The number of ketones is 1. The van der Waals surface area contributed by atoms with E-state index in [9.17, 15) is 14.7 Å². The maximum Gasteiger partial charge on any atom is 0.300 e. The number of anilines is 1. The van der Waals surface area contributed by atoms with Gasteiger partial charge in [-0.3, -0.25) is 14.5 Å². The molecule has 164 valence electrons. The maximum atomic E-state index is 13.2. The molecule has 0 saturated carbocycles. The van der Waals surface area contributed by atoms with E-state index in [0.717, 1.165) is 0 Å². The van der Waals surface area contributed by atoms with Gasteiger partial charge < -0.3 is 19.0 Å². The van der Waals surface area contributed by atoms with Crippen molar-refractivity contribution in [3.8, 4) is 11.5 Å². The molecule has 1 aliphatic rings. The third-order valence-corrected chi connectivity index (χ3v) is 5.57. The Labute approximate surface area is 189 Å². The molecule has 0 bridgehead atoms. The lowest BCUT2D eigenvalue weighted by Crippen LogP contribution is -2.29. The van der Waals surface area contributed by atoms with Crippen molar-refractivity contribution in [1.82, 2.24) is 0 Å². The van der Waals surface area contributed by atoms with E-state index >= 15 is 0 Å². The van der Waals surface area contributed by atoms with Crippen molar-refractivity contribution >= 4 is 34.7 Å². The average molecular weight is 454 g/mol. The van der Waals surface area contributed by atoms with Gasteiger partial charge in [0.1, 0.15) is 29.1 Å². The van der Waals surface area contributed by atoms with Crippen molar-refractivity contribution in [3.63, 3.8) is 0 Å². The highest BCUT2D eigenvalue weighted by Crippen LogP contribution is 2.44. The highest BCUT2D eigenvalue weighted by molar-refractivity contribution is 6.51. The van der Waals surface area contributed by atoms with Crippen LogP contribution in [0.25, 0.3) is 5.76 Å². The van der Waals surface area contributed by atoms with Crippen LogP contribution in [0.5, 0.6) is 11.5 Å². The van der Waals surface area contributed by atoms with E-state index in [0.29, 0.717) is 27.8 Å². The van der Waals surface area contributed by atoms with Crippen molar-refractivity contribution in [2.45, 2.75) is 13.0 Å². The number of methoxy groups -OCH3 is 2. The molecule has 1 unspecified atom stereocenters. The van der Waals surface area contributed by atoms with Crippen LogP contribution in [0.4, 0.5) is 5.69 Å². The van der Waals surface area contributed by atoms with Crippen LogP contribution in [-0.4, -0.2) is 31.0 Å². The van der Waals surface area contributed by atoms with Crippen LogP contribution in [0.1, 0.15) is 22.9 Å². The molecule has 1 aliphatic heterocycles. The minimum Gasteiger partial charge on any atom is -0.507 e. The topological polar surface area (TPSA) is 89.2 Å². The van der Waals surface area contributed by atoms with Gasteiger partial charge in [0, 0.05) is 16.8 Å². The summed E-state index contributed by atoms with van der Waals surface area (Å²) in [5, 5.41) is 11.7. The van der Waals surface area contributed by atoms with Crippen molar-refractivity contribution in [1.29, 1.82) is 0 Å². The summed E-state index contributed by atoms with van der Waals surface area (Å²) in [4.78, 5) is 27.6. The van der Waals surface area contributed by atoms with Crippen LogP contribution < -0.4 is 14.4 Å². The van der Waals surface area contributed by atoms with Crippen LogP contribution in [0.3, 0.4) is 0 Å². The Bertz CT molecular complexity index is 1230. The number of hydrogen-bond acceptors (Lipinski definition) is 6. The molecule has 1 aromatic heterocycles. The minimum atomic E-state index is -0.975. The van der Waals surface area contributed by atoms with E-state index in [4.69, 9.17) is 25.5 Å². The summed E-state index contributed by atoms with van der Waals surface area (Å²) in [7, 11) is 2.94. The average Bonchev–Trinajstić information content (AvgIpc) is 3.40. The van der Waals surface area contributed by atoms with Crippen LogP contribution in [0.2, 0.25) is 5.02 Å². The van der Waals surface area contributed by atoms with E-state index in [1.807, 2.05) is 0 Å². The summed E-state index contributed by atoms with van der Waals surface area (Å²) in [6.07, 6.45) is 1.44. The zero-order valence-electron chi connectivity index (χ0n) is 17.6. The number of furan rings is 1. The SMILES string of the molecule is COc1ccc(/C(O)=C2/C(=O)C(=O)N(c3ccc(Cl)cc3C)C2c2ccco2)c(OC)c1. The van der Waals surface area contributed by atoms with Gasteiger partial charge in [-0.05, 0) is 55.0 Å². The van der Waals surface area contributed by atoms with Crippen molar-refractivity contribution in [3.05, 3.63) is 82.3 Å². The number of hydrogen-bond donors (Lipinski definition) is 1. The van der Waals surface area contributed by atoms with Gasteiger partial charge in [0.2, 0.25) is 0 Å². The Morgan fingerprint density at radius 2 is 1.88 bits per heavy atom. The van der Waals surface area contributed by atoms with Gasteiger partial charge in [-0.1, -0.05) is 11.6 Å². The van der Waals surface area contributed by atoms with Crippen LogP contribution in [0.15, 0.2) is 64.8 Å². The van der Waals surface area contributed by atoms with E-state index < -0.39 is 17.7 Å². The molecule has 4 rings (SSSR count). The Balaban J connectivity index is 1.95. The standard InChI is InChI=1S/C24H20ClNO6/c1-13-11-14(25)6-9-17(13)26-21(18-5-4-10-32-18)20(23(28)24(26)29)22(27)16-8-7-15(30-2)12-19(16)31-3/h4-12,21,27H,1-3H3/b22-20-. The van der Waals surface area contributed by atoms with Crippen molar-refractivity contribution in [2.75, 3.05) is 19.1 Å². The van der Waals surface area contributed by atoms with Gasteiger partial charge in [0.15, 0.2) is 0 Å². The smallest absolute Gasteiger partial charge is 0.300 e. The van der Waals surface area contributed by atoms with E-state index in [2.05, 4.69) is 0 Å². The molecule has 2 heterocycles. The third kappa shape index (κ3) is 3.50. The molecule has 1 amide bonds. The Morgan fingerprint density at radius 3 is 2.50 bits per heavy atom. The molecule has 3 aromatic rings. The van der Waals surface area contributed by atoms with Gasteiger partial charge >= 0.3 is 0 Å². The predicted molar refractivity (Wildman–Crippen MR) is 119 cm³/mol. The summed E-state index contributed by atoms with van der Waals surface area (Å²) in [5.74, 6) is -0.875. The minimum absolute atomic E-state index is 0.109. The zero-order chi connectivity index (χ0) is 23.0. The second-order valence-electron chi connectivity index (χ2n) is 7.18. The van der Waals surface area contributed by atoms with Gasteiger partial charge in [-0.2, -0.15) is 0 Å². The first-order valence-corrected chi connectivity index (χ1v) is 10.1. The second-order valence-corrected chi connectivity index (χ2v) is 7.62. The number of carbonyl (C=O) groups is 2. The predicted octanol–water partition coefficient (Wildman–Crippen LogP) is 4.88. The van der Waals surface area contributed by atoms with Gasteiger partial charge in [-0.25, -0.2) is 0 Å². The summed E-state index contributed by atoms with van der Waals surface area (Å²) >= 11 is 6.08. The molecule has 7 nitrogen and oxygen atoms in total. The molecule has 0 aliphatic carbocycles. The highest BCUT2D eigenvalue weighted by Gasteiger charge is 2.48. The number of nitrogens with zero attached hydrogens (tertiary/aromatic N) is 1. The third-order valence-electron chi connectivity index (χ3n) is 5.34. The molecule has 2 aromatic carbocycles. The normalized spacial score (nSPS) is 17.6. The lowest BCUT2D eigenvalue weighted by atomic mass is 9.98. The second kappa shape index (κ2) is 8.43. The molecule has 1 N–H and O–H groups in total. The number of benzene rings is 2. The van der Waals surface area contributed by atoms with E-state index in [1.54, 1.807) is 55.5 Å². The lowest BCUT2D eigenvalue weighted by Gasteiger charge is -2.25. The zero-order valence-corrected chi connectivity index (χ0v) is 18.3. The molecule has 0 spiro atoms. The monoisotopic (exact) mass is 453 g/mol. The molecule has 1 saturated heterocycles. The van der Waals surface area contributed by atoms with E-state index in [-0.39, 0.29) is 22.6 Å². The van der Waals surface area contributed by atoms with Gasteiger partial charge in [-0.15, -0.1) is 0 Å². The molecule has 1 fully saturated rings. The number of amides is 1. The van der Waals surface area contributed by atoms with Gasteiger partial charge in [0.25, 0.3) is 11.7 Å². The van der Waals surface area contributed by atoms with Crippen LogP contribution in [0, 0.1) is 6.92 Å². The number of aliphatic hydroxyl groups excluding tert-OH is 1. The number of ether oxygens (including phenoxy) is 2. The molecule has 0 radical (unpaired) electrons. The quantitative estimate of drug-likeness (QED) is 0.336. The molecular formula is C24H20ClNO6. The Kier molecular flexibility index (Phi) is 5.67. The van der Waals surface area contributed by atoms with Crippen LogP contribution in [-0.2, 0) is 9.59 Å². The number of halogens is 1. The fraction of sp³-hybridized carbons (Fsp3) is 0.167. The summed E-state index contributed by atoms with van der Waals surface area (Å²) in [6, 6.07) is 12.1. The van der Waals surface area contributed by atoms with Gasteiger partial charge in [0.05, 0.1) is 31.6 Å². The number of aryl methyl sites for hydroxylation is 1. The Morgan fingerprint density at radius 1 is 1.09 bits per heavy atom. The number of aliphatic hydroxyl groups is 1. The van der Waals surface area contributed by atoms with Crippen molar-refractivity contribution in [2.24, 2.45) is 0 Å². The summed E-state index contributed by atoms with van der Waals surface area (Å²) < 4.78 is 16.1. The number of Topliss-reactive ketones (excluding diaryl/α,β-unsaturated/α-hetero) is 1.